The van der Waals surface area contributed by atoms with Crippen molar-refractivity contribution in [1.82, 2.24) is 39.0 Å². The second kappa shape index (κ2) is 15.8. The van der Waals surface area contributed by atoms with Gasteiger partial charge in [0, 0.05) is 60.5 Å². The maximum absolute atomic E-state index is 5.56. The summed E-state index contributed by atoms with van der Waals surface area (Å²) in [6, 6.07) is 76.1. The lowest BCUT2D eigenvalue weighted by molar-refractivity contribution is 0.661. The lowest BCUT2D eigenvalue weighted by Gasteiger charge is -2.24. The Hall–Kier alpha value is -9.40. The first kappa shape index (κ1) is 40.6. The van der Waals surface area contributed by atoms with E-state index in [9.17, 15) is 0 Å². The van der Waals surface area contributed by atoms with Crippen LogP contribution in [0.25, 0.3) is 123 Å². The Labute approximate surface area is 409 Å². The van der Waals surface area contributed by atoms with Gasteiger partial charge in [-0.05, 0) is 58.7 Å². The minimum absolute atomic E-state index is 0.282. The van der Waals surface area contributed by atoms with Gasteiger partial charge in [-0.1, -0.05) is 196 Å². The third-order valence-electron chi connectivity index (χ3n) is 14.2. The van der Waals surface area contributed by atoms with Crippen molar-refractivity contribution in [2.24, 2.45) is 0 Å². The number of para-hydroxylation sites is 2. The molecule has 8 heteroatoms. The molecule has 0 saturated carbocycles. The van der Waals surface area contributed by atoms with Gasteiger partial charge in [0.2, 0.25) is 5.95 Å². The zero-order chi connectivity index (χ0) is 47.2. The van der Waals surface area contributed by atoms with Crippen LogP contribution in [0.4, 0.5) is 0 Å². The average molecular weight is 911 g/mol. The molecule has 0 spiro atoms. The molecule has 334 valence electrons. The van der Waals surface area contributed by atoms with Crippen LogP contribution >= 0.6 is 0 Å². The maximum Gasteiger partial charge on any atom is 0.238 e. The summed E-state index contributed by atoms with van der Waals surface area (Å²) in [7, 11) is 0. The fourth-order valence-corrected chi connectivity index (χ4v) is 11.0. The van der Waals surface area contributed by atoms with Gasteiger partial charge in [0.05, 0.1) is 22.1 Å². The highest BCUT2D eigenvalue weighted by molar-refractivity contribution is 6.23. The van der Waals surface area contributed by atoms with Gasteiger partial charge < -0.3 is 4.57 Å². The quantitative estimate of drug-likeness (QED) is 0.158. The Morgan fingerprint density at radius 1 is 0.310 bits per heavy atom. The molecule has 0 bridgehead atoms. The zero-order valence-corrected chi connectivity index (χ0v) is 38.9. The maximum atomic E-state index is 5.56. The van der Waals surface area contributed by atoms with Gasteiger partial charge in [-0.3, -0.25) is 4.57 Å². The van der Waals surface area contributed by atoms with Crippen LogP contribution in [0.3, 0.4) is 0 Å². The van der Waals surface area contributed by atoms with E-state index in [-0.39, 0.29) is 5.41 Å². The summed E-state index contributed by atoms with van der Waals surface area (Å²) >= 11 is 0. The van der Waals surface area contributed by atoms with Gasteiger partial charge >= 0.3 is 0 Å². The van der Waals surface area contributed by atoms with Gasteiger partial charge in [-0.2, -0.15) is 9.97 Å². The van der Waals surface area contributed by atoms with Crippen molar-refractivity contribution in [3.8, 4) is 79.7 Å². The first-order valence-electron chi connectivity index (χ1n) is 24.0. The van der Waals surface area contributed by atoms with E-state index in [0.717, 1.165) is 77.1 Å². The average Bonchev–Trinajstić information content (AvgIpc) is 4.05. The highest BCUT2D eigenvalue weighted by Gasteiger charge is 2.38. The van der Waals surface area contributed by atoms with Crippen LogP contribution in [0.5, 0.6) is 0 Å². The van der Waals surface area contributed by atoms with E-state index >= 15 is 0 Å². The van der Waals surface area contributed by atoms with E-state index in [1.807, 2.05) is 78.9 Å². The van der Waals surface area contributed by atoms with Gasteiger partial charge in [-0.15, -0.1) is 0 Å². The van der Waals surface area contributed by atoms with Gasteiger partial charge in [0.1, 0.15) is 0 Å². The molecule has 4 aromatic heterocycles. The molecule has 0 saturated heterocycles. The second-order valence-corrected chi connectivity index (χ2v) is 18.7. The Bertz CT molecular complexity index is 4180. The van der Waals surface area contributed by atoms with Crippen LogP contribution in [-0.4, -0.2) is 39.0 Å². The molecule has 8 nitrogen and oxygen atoms in total. The summed E-state index contributed by atoms with van der Waals surface area (Å²) in [5, 5.41) is 4.47. The highest BCUT2D eigenvalue weighted by atomic mass is 15.2. The summed E-state index contributed by atoms with van der Waals surface area (Å²) in [5.74, 6) is 3.63. The minimum Gasteiger partial charge on any atom is -0.307 e. The number of aromatic nitrogens is 8. The standard InChI is InChI=1S/C63H42N8/c1-63(2)51-30-15-12-25-44(51)47-28-18-29-50(54(47)63)61-67-60(41-23-10-5-11-24-41)68-62(69-61)71-53-32-17-14-27-46(53)49-38-37-48-45-26-13-16-31-52(45)70(55(48)56(49)71)43-35-33-42(34-36-43)59-65-57(39-19-6-3-7-20-39)64-58(66-59)40-21-8-4-9-22-40/h3-38H,1-2H3. The smallest absolute Gasteiger partial charge is 0.238 e. The molecule has 0 N–H and O–H groups in total. The van der Waals surface area contributed by atoms with Crippen LogP contribution in [0.15, 0.2) is 218 Å². The Kier molecular flexibility index (Phi) is 9.06. The number of fused-ring (bicyclic) bond motifs is 10. The Morgan fingerprint density at radius 2 is 0.732 bits per heavy atom. The van der Waals surface area contributed by atoms with E-state index < -0.39 is 0 Å². The Morgan fingerprint density at radius 3 is 1.32 bits per heavy atom. The van der Waals surface area contributed by atoms with Crippen molar-refractivity contribution in [2.75, 3.05) is 0 Å². The first-order valence-corrected chi connectivity index (χ1v) is 24.0. The molecule has 0 fully saturated rings. The van der Waals surface area contributed by atoms with E-state index in [0.29, 0.717) is 35.1 Å². The molecule has 0 aliphatic heterocycles. The summed E-state index contributed by atoms with van der Waals surface area (Å²) in [5.41, 5.74) is 14.5. The molecule has 4 heterocycles. The fourth-order valence-electron chi connectivity index (χ4n) is 11.0. The van der Waals surface area contributed by atoms with Gasteiger partial charge in [-0.25, -0.2) is 19.9 Å². The van der Waals surface area contributed by atoms with Crippen molar-refractivity contribution < 1.29 is 0 Å². The van der Waals surface area contributed by atoms with Crippen molar-refractivity contribution in [3.05, 3.63) is 230 Å². The summed E-state index contributed by atoms with van der Waals surface area (Å²) in [6.07, 6.45) is 0. The second-order valence-electron chi connectivity index (χ2n) is 18.7. The molecule has 9 aromatic carbocycles. The SMILES string of the molecule is CC1(C)c2ccccc2-c2cccc(-c3nc(-c4ccccc4)nc(-n4c5ccccc5c5ccc6c7ccccc7n(-c7ccc(-c8nc(-c9ccccc9)nc(-c9ccccc9)n8)cc7)c6c54)n3)c21. The van der Waals surface area contributed by atoms with Crippen molar-refractivity contribution in [1.29, 1.82) is 0 Å². The third-order valence-corrected chi connectivity index (χ3v) is 14.2. The zero-order valence-electron chi connectivity index (χ0n) is 38.9. The lowest BCUT2D eigenvalue weighted by atomic mass is 9.80. The first-order chi connectivity index (χ1) is 35.0. The molecule has 0 unspecified atom stereocenters. The number of benzene rings is 9. The molecule has 13 aromatic rings. The van der Waals surface area contributed by atoms with Crippen molar-refractivity contribution in [3.63, 3.8) is 0 Å². The van der Waals surface area contributed by atoms with Gasteiger partial charge in [0.15, 0.2) is 29.1 Å². The van der Waals surface area contributed by atoms with Crippen LogP contribution in [-0.2, 0) is 5.41 Å². The topological polar surface area (TPSA) is 87.2 Å². The van der Waals surface area contributed by atoms with Crippen molar-refractivity contribution >= 4 is 43.6 Å². The summed E-state index contributed by atoms with van der Waals surface area (Å²) < 4.78 is 4.65. The van der Waals surface area contributed by atoms with E-state index in [4.69, 9.17) is 29.9 Å². The van der Waals surface area contributed by atoms with Crippen LogP contribution in [0.1, 0.15) is 25.0 Å². The predicted octanol–water partition coefficient (Wildman–Crippen LogP) is 14.9. The summed E-state index contributed by atoms with van der Waals surface area (Å²) in [4.78, 5) is 31.3. The minimum atomic E-state index is -0.282. The van der Waals surface area contributed by atoms with Gasteiger partial charge in [0.25, 0.3) is 0 Å². The fraction of sp³-hybridized carbons (Fsp3) is 0.0476. The van der Waals surface area contributed by atoms with Crippen LogP contribution in [0.2, 0.25) is 0 Å². The third kappa shape index (κ3) is 6.38. The van der Waals surface area contributed by atoms with E-state index in [1.165, 1.54) is 22.3 Å². The molecule has 1 aliphatic carbocycles. The molecule has 0 radical (unpaired) electrons. The monoisotopic (exact) mass is 910 g/mol. The molecule has 14 rings (SSSR count). The number of hydrogen-bond acceptors (Lipinski definition) is 6. The molecule has 0 atom stereocenters. The Balaban J connectivity index is 1.01. The molecule has 71 heavy (non-hydrogen) atoms. The lowest BCUT2D eigenvalue weighted by Crippen LogP contribution is -2.17. The molecule has 1 aliphatic rings. The predicted molar refractivity (Wildman–Crippen MR) is 287 cm³/mol. The van der Waals surface area contributed by atoms with E-state index in [2.05, 4.69) is 163 Å². The summed E-state index contributed by atoms with van der Waals surface area (Å²) in [6.45, 7) is 4.62. The number of rotatable bonds is 7. The van der Waals surface area contributed by atoms with E-state index in [1.54, 1.807) is 0 Å². The van der Waals surface area contributed by atoms with Crippen molar-refractivity contribution in [2.45, 2.75) is 19.3 Å². The normalized spacial score (nSPS) is 12.8. The van der Waals surface area contributed by atoms with Crippen LogP contribution in [0, 0.1) is 0 Å². The highest BCUT2D eigenvalue weighted by Crippen LogP contribution is 2.52. The largest absolute Gasteiger partial charge is 0.307 e. The molecular weight excluding hydrogens is 869 g/mol. The van der Waals surface area contributed by atoms with Crippen LogP contribution < -0.4 is 0 Å². The molecular formula is C63H42N8. The number of hydrogen-bond donors (Lipinski definition) is 0. The molecule has 0 amide bonds. The number of nitrogens with zero attached hydrogens (tertiary/aromatic N) is 8.